The average Bonchev–Trinajstić information content (AvgIpc) is 2.75. The summed E-state index contributed by atoms with van der Waals surface area (Å²) in [6.45, 7) is 1.88. The fraction of sp³-hybridized carbons (Fsp3) is 0.238. The standard InChI is InChI=1S/C21H21N5OS/c27-21(17-7-6-11-24-20(17)26-13-4-1-5-14-26)25-16-9-12-23-19(15-16)28-18-8-2-3-10-22-18/h2-3,6-12,15H,1,4-5,13-14H2,(H,23,25,27). The molecule has 1 saturated heterocycles. The molecule has 0 spiro atoms. The molecule has 0 saturated carbocycles. The number of rotatable bonds is 5. The second-order valence-electron chi connectivity index (χ2n) is 6.53. The van der Waals surface area contributed by atoms with Crippen molar-refractivity contribution in [3.8, 4) is 0 Å². The zero-order valence-corrected chi connectivity index (χ0v) is 16.2. The molecule has 142 valence electrons. The predicted molar refractivity (Wildman–Crippen MR) is 111 cm³/mol. The van der Waals surface area contributed by atoms with Gasteiger partial charge in [-0.1, -0.05) is 17.8 Å². The summed E-state index contributed by atoms with van der Waals surface area (Å²) in [6, 6.07) is 13.0. The minimum Gasteiger partial charge on any atom is -0.356 e. The topological polar surface area (TPSA) is 71.0 Å². The molecule has 0 radical (unpaired) electrons. The van der Waals surface area contributed by atoms with Crippen LogP contribution in [0.4, 0.5) is 11.5 Å². The number of amides is 1. The largest absolute Gasteiger partial charge is 0.356 e. The molecule has 4 rings (SSSR count). The highest BCUT2D eigenvalue weighted by Gasteiger charge is 2.19. The van der Waals surface area contributed by atoms with Gasteiger partial charge in [0.2, 0.25) is 0 Å². The van der Waals surface area contributed by atoms with E-state index in [1.807, 2.05) is 30.3 Å². The van der Waals surface area contributed by atoms with Gasteiger partial charge in [0.15, 0.2) is 0 Å². The lowest BCUT2D eigenvalue weighted by molar-refractivity contribution is 0.102. The second kappa shape index (κ2) is 8.84. The summed E-state index contributed by atoms with van der Waals surface area (Å²) in [6.07, 6.45) is 8.69. The van der Waals surface area contributed by atoms with Crippen LogP contribution in [0.15, 0.2) is 71.1 Å². The molecule has 4 heterocycles. The van der Waals surface area contributed by atoms with Crippen molar-refractivity contribution in [3.05, 3.63) is 66.6 Å². The molecular formula is C21H21N5OS. The maximum absolute atomic E-state index is 12.9. The SMILES string of the molecule is O=C(Nc1ccnc(Sc2ccccn2)c1)c1cccnc1N1CCCCC1. The van der Waals surface area contributed by atoms with Crippen molar-refractivity contribution in [2.75, 3.05) is 23.3 Å². The molecule has 0 aromatic carbocycles. The quantitative estimate of drug-likeness (QED) is 0.700. The van der Waals surface area contributed by atoms with Crippen LogP contribution < -0.4 is 10.2 Å². The van der Waals surface area contributed by atoms with Crippen LogP contribution >= 0.6 is 11.8 Å². The van der Waals surface area contributed by atoms with E-state index in [1.54, 1.807) is 30.7 Å². The van der Waals surface area contributed by atoms with E-state index in [4.69, 9.17) is 0 Å². The zero-order chi connectivity index (χ0) is 19.2. The first kappa shape index (κ1) is 18.4. The predicted octanol–water partition coefficient (Wildman–Crippen LogP) is 4.27. The van der Waals surface area contributed by atoms with E-state index in [0.29, 0.717) is 11.3 Å². The number of hydrogen-bond donors (Lipinski definition) is 1. The molecule has 1 fully saturated rings. The zero-order valence-electron chi connectivity index (χ0n) is 15.4. The van der Waals surface area contributed by atoms with Gasteiger partial charge in [-0.25, -0.2) is 15.0 Å². The number of anilines is 2. The summed E-state index contributed by atoms with van der Waals surface area (Å²) in [5.74, 6) is 0.602. The van der Waals surface area contributed by atoms with Crippen molar-refractivity contribution in [3.63, 3.8) is 0 Å². The van der Waals surface area contributed by atoms with Crippen molar-refractivity contribution in [2.24, 2.45) is 0 Å². The van der Waals surface area contributed by atoms with Crippen molar-refractivity contribution >= 4 is 29.2 Å². The lowest BCUT2D eigenvalue weighted by Crippen LogP contribution is -2.32. The molecule has 7 heteroatoms. The summed E-state index contributed by atoms with van der Waals surface area (Å²) >= 11 is 1.46. The van der Waals surface area contributed by atoms with Gasteiger partial charge in [-0.3, -0.25) is 4.79 Å². The molecule has 1 amide bonds. The molecule has 6 nitrogen and oxygen atoms in total. The number of piperidine rings is 1. The Morgan fingerprint density at radius 1 is 0.893 bits per heavy atom. The van der Waals surface area contributed by atoms with Gasteiger partial charge in [-0.05, 0) is 55.7 Å². The van der Waals surface area contributed by atoms with E-state index >= 15 is 0 Å². The number of nitrogens with zero attached hydrogens (tertiary/aromatic N) is 4. The molecule has 28 heavy (non-hydrogen) atoms. The molecule has 0 bridgehead atoms. The normalized spacial score (nSPS) is 13.9. The first-order valence-electron chi connectivity index (χ1n) is 9.36. The average molecular weight is 392 g/mol. The highest BCUT2D eigenvalue weighted by Crippen LogP contribution is 2.26. The Kier molecular flexibility index (Phi) is 5.82. The Morgan fingerprint density at radius 2 is 1.71 bits per heavy atom. The van der Waals surface area contributed by atoms with Gasteiger partial charge in [0, 0.05) is 37.4 Å². The third-order valence-electron chi connectivity index (χ3n) is 4.53. The van der Waals surface area contributed by atoms with E-state index in [9.17, 15) is 4.79 Å². The molecule has 0 aliphatic carbocycles. The van der Waals surface area contributed by atoms with Crippen LogP contribution in [-0.2, 0) is 0 Å². The smallest absolute Gasteiger partial charge is 0.259 e. The van der Waals surface area contributed by atoms with Gasteiger partial charge in [0.25, 0.3) is 5.91 Å². The molecule has 0 atom stereocenters. The maximum atomic E-state index is 12.9. The maximum Gasteiger partial charge on any atom is 0.259 e. The number of pyridine rings is 3. The Bertz CT molecular complexity index is 944. The number of hydrogen-bond acceptors (Lipinski definition) is 6. The minimum absolute atomic E-state index is 0.159. The Hall–Kier alpha value is -2.93. The van der Waals surface area contributed by atoms with Gasteiger partial charge >= 0.3 is 0 Å². The summed E-state index contributed by atoms with van der Waals surface area (Å²) in [4.78, 5) is 28.3. The second-order valence-corrected chi connectivity index (χ2v) is 7.57. The van der Waals surface area contributed by atoms with Crippen molar-refractivity contribution in [1.82, 2.24) is 15.0 Å². The minimum atomic E-state index is -0.159. The van der Waals surface area contributed by atoms with E-state index < -0.39 is 0 Å². The number of nitrogens with one attached hydrogen (secondary N) is 1. The lowest BCUT2D eigenvalue weighted by atomic mass is 10.1. The molecule has 1 N–H and O–H groups in total. The summed E-state index contributed by atoms with van der Waals surface area (Å²) in [5.41, 5.74) is 1.30. The fourth-order valence-corrected chi connectivity index (χ4v) is 3.96. The highest BCUT2D eigenvalue weighted by atomic mass is 32.2. The summed E-state index contributed by atoms with van der Waals surface area (Å²) < 4.78 is 0. The molecule has 3 aromatic rings. The first-order valence-corrected chi connectivity index (χ1v) is 10.2. The first-order chi connectivity index (χ1) is 13.8. The van der Waals surface area contributed by atoms with Crippen molar-refractivity contribution in [2.45, 2.75) is 29.3 Å². The van der Waals surface area contributed by atoms with Crippen LogP contribution in [0.5, 0.6) is 0 Å². The van der Waals surface area contributed by atoms with Crippen molar-refractivity contribution < 1.29 is 4.79 Å². The van der Waals surface area contributed by atoms with Crippen LogP contribution in [0.25, 0.3) is 0 Å². The molecule has 3 aromatic heterocycles. The van der Waals surface area contributed by atoms with E-state index in [1.165, 1.54) is 18.2 Å². The van der Waals surface area contributed by atoms with Crippen LogP contribution in [0.3, 0.4) is 0 Å². The van der Waals surface area contributed by atoms with E-state index in [2.05, 4.69) is 25.2 Å². The highest BCUT2D eigenvalue weighted by molar-refractivity contribution is 7.99. The summed E-state index contributed by atoms with van der Waals surface area (Å²) in [5, 5.41) is 4.62. The third kappa shape index (κ3) is 4.48. The molecule has 0 unspecified atom stereocenters. The van der Waals surface area contributed by atoms with Gasteiger partial charge in [0.1, 0.15) is 15.9 Å². The monoisotopic (exact) mass is 391 g/mol. The fourth-order valence-electron chi connectivity index (χ4n) is 3.19. The Morgan fingerprint density at radius 3 is 2.54 bits per heavy atom. The molecular weight excluding hydrogens is 370 g/mol. The van der Waals surface area contributed by atoms with Gasteiger partial charge in [-0.15, -0.1) is 0 Å². The van der Waals surface area contributed by atoms with Gasteiger partial charge < -0.3 is 10.2 Å². The van der Waals surface area contributed by atoms with Crippen LogP contribution in [0.2, 0.25) is 0 Å². The van der Waals surface area contributed by atoms with E-state index in [0.717, 1.165) is 41.8 Å². The number of carbonyl (C=O) groups excluding carboxylic acids is 1. The number of aromatic nitrogens is 3. The van der Waals surface area contributed by atoms with Crippen molar-refractivity contribution in [1.29, 1.82) is 0 Å². The van der Waals surface area contributed by atoms with E-state index in [-0.39, 0.29) is 5.91 Å². The Balaban J connectivity index is 1.50. The van der Waals surface area contributed by atoms with Crippen LogP contribution in [0, 0.1) is 0 Å². The molecule has 1 aliphatic heterocycles. The lowest BCUT2D eigenvalue weighted by Gasteiger charge is -2.29. The number of carbonyl (C=O) groups is 1. The summed E-state index contributed by atoms with van der Waals surface area (Å²) in [7, 11) is 0. The molecule has 1 aliphatic rings. The third-order valence-corrected chi connectivity index (χ3v) is 5.41. The van der Waals surface area contributed by atoms with Gasteiger partial charge in [0.05, 0.1) is 5.56 Å². The van der Waals surface area contributed by atoms with Gasteiger partial charge in [-0.2, -0.15) is 0 Å². The van der Waals surface area contributed by atoms with Crippen LogP contribution in [0.1, 0.15) is 29.6 Å². The van der Waals surface area contributed by atoms with Crippen LogP contribution in [-0.4, -0.2) is 33.9 Å². The Labute approximate surface area is 168 Å².